The van der Waals surface area contributed by atoms with Gasteiger partial charge in [-0.05, 0) is 59.7 Å². The lowest BCUT2D eigenvalue weighted by Crippen LogP contribution is -2.19. The van der Waals surface area contributed by atoms with Crippen molar-refractivity contribution in [2.24, 2.45) is 0 Å². The number of rotatable bonds is 3. The largest absolute Gasteiger partial charge is 0.469 e. The third kappa shape index (κ3) is 3.23. The van der Waals surface area contributed by atoms with E-state index in [1.165, 1.54) is 7.11 Å². The Morgan fingerprint density at radius 1 is 0.933 bits per heavy atom. The van der Waals surface area contributed by atoms with Crippen LogP contribution >= 0.6 is 0 Å². The first-order chi connectivity index (χ1) is 14.2. The summed E-state index contributed by atoms with van der Waals surface area (Å²) >= 11 is 0. The van der Waals surface area contributed by atoms with Gasteiger partial charge in [0.15, 0.2) is 9.84 Å². The molecule has 4 nitrogen and oxygen atoms in total. The van der Waals surface area contributed by atoms with E-state index in [4.69, 9.17) is 4.74 Å². The van der Waals surface area contributed by atoms with E-state index in [2.05, 4.69) is 0 Å². The monoisotopic (exact) mass is 420 g/mol. The van der Waals surface area contributed by atoms with Crippen molar-refractivity contribution in [3.63, 3.8) is 0 Å². The summed E-state index contributed by atoms with van der Waals surface area (Å²) in [6, 6.07) is 15.7. The molecule has 0 aliphatic carbocycles. The minimum atomic E-state index is -3.53. The van der Waals surface area contributed by atoms with Gasteiger partial charge in [0.1, 0.15) is 0 Å². The Morgan fingerprint density at radius 2 is 1.60 bits per heavy atom. The molecule has 0 unspecified atom stereocenters. The van der Waals surface area contributed by atoms with Gasteiger partial charge in [-0.1, -0.05) is 54.1 Å². The van der Waals surface area contributed by atoms with E-state index < -0.39 is 9.84 Å². The van der Waals surface area contributed by atoms with Gasteiger partial charge in [-0.15, -0.1) is 0 Å². The van der Waals surface area contributed by atoms with Gasteiger partial charge in [0.2, 0.25) is 0 Å². The van der Waals surface area contributed by atoms with E-state index in [-0.39, 0.29) is 18.1 Å². The molecule has 0 radical (unpaired) electrons. The summed E-state index contributed by atoms with van der Waals surface area (Å²) < 4.78 is 31.5. The van der Waals surface area contributed by atoms with Crippen LogP contribution in [0.25, 0.3) is 22.3 Å². The van der Waals surface area contributed by atoms with E-state index in [1.807, 2.05) is 62.4 Å². The van der Waals surface area contributed by atoms with Crippen LogP contribution in [-0.2, 0) is 31.5 Å². The second-order valence-electron chi connectivity index (χ2n) is 7.84. The lowest BCUT2D eigenvalue weighted by molar-refractivity contribution is -0.139. The van der Waals surface area contributed by atoms with Crippen molar-refractivity contribution in [2.75, 3.05) is 7.11 Å². The van der Waals surface area contributed by atoms with Crippen LogP contribution in [0.15, 0.2) is 53.4 Å². The maximum absolute atomic E-state index is 13.3. The number of methoxy groups -OCH3 is 1. The van der Waals surface area contributed by atoms with Crippen LogP contribution in [0.2, 0.25) is 0 Å². The van der Waals surface area contributed by atoms with Crippen LogP contribution in [-0.4, -0.2) is 21.5 Å². The molecule has 1 aliphatic rings. The second kappa shape index (κ2) is 7.40. The Balaban J connectivity index is 2.15. The zero-order valence-corrected chi connectivity index (χ0v) is 18.4. The van der Waals surface area contributed by atoms with Gasteiger partial charge >= 0.3 is 5.97 Å². The Hall–Kier alpha value is -2.92. The van der Waals surface area contributed by atoms with Crippen LogP contribution in [0.5, 0.6) is 0 Å². The second-order valence-corrected chi connectivity index (χ2v) is 9.77. The predicted octanol–water partition coefficient (Wildman–Crippen LogP) is 4.95. The quantitative estimate of drug-likeness (QED) is 0.563. The Morgan fingerprint density at radius 3 is 2.27 bits per heavy atom. The zero-order chi connectivity index (χ0) is 21.6. The first-order valence-electron chi connectivity index (χ1n) is 9.85. The van der Waals surface area contributed by atoms with Crippen molar-refractivity contribution in [1.29, 1.82) is 0 Å². The molecule has 154 valence electrons. The van der Waals surface area contributed by atoms with Crippen molar-refractivity contribution in [1.82, 2.24) is 0 Å². The summed E-state index contributed by atoms with van der Waals surface area (Å²) in [7, 11) is -2.18. The third-order valence-corrected chi connectivity index (χ3v) is 7.73. The Kier molecular flexibility index (Phi) is 5.02. The maximum atomic E-state index is 13.3. The smallest absolute Gasteiger partial charge is 0.310 e. The van der Waals surface area contributed by atoms with Gasteiger partial charge in [0.05, 0.1) is 24.2 Å². The summed E-state index contributed by atoms with van der Waals surface area (Å²) in [5.74, 6) is -0.419. The van der Waals surface area contributed by atoms with E-state index in [0.29, 0.717) is 16.0 Å². The average Bonchev–Trinajstić information content (AvgIpc) is 2.71. The number of ether oxygens (including phenoxy) is 1. The molecule has 3 aromatic carbocycles. The normalized spacial score (nSPS) is 14.0. The molecular formula is C25H24O4S. The summed E-state index contributed by atoms with van der Waals surface area (Å²) in [5, 5.41) is 0. The molecule has 0 atom stereocenters. The number of carbonyl (C=O) groups is 1. The summed E-state index contributed by atoms with van der Waals surface area (Å²) in [6.07, 6.45) is 0.0246. The fraction of sp³-hybridized carbons (Fsp3) is 0.240. The minimum absolute atomic E-state index is 0.0246. The van der Waals surface area contributed by atoms with Gasteiger partial charge in [0, 0.05) is 5.56 Å². The topological polar surface area (TPSA) is 60.4 Å². The first-order valence-corrected chi connectivity index (χ1v) is 11.5. The molecule has 0 amide bonds. The highest BCUT2D eigenvalue weighted by Crippen LogP contribution is 2.47. The van der Waals surface area contributed by atoms with E-state index in [9.17, 15) is 13.2 Å². The number of benzene rings is 3. The summed E-state index contributed by atoms with van der Waals surface area (Å²) in [6.45, 7) is 5.78. The van der Waals surface area contributed by atoms with E-state index in [1.54, 1.807) is 6.92 Å². The molecule has 0 aromatic heterocycles. The molecule has 0 bridgehead atoms. The fourth-order valence-corrected chi connectivity index (χ4v) is 6.43. The Bertz CT molecular complexity index is 1270. The minimum Gasteiger partial charge on any atom is -0.469 e. The molecule has 0 saturated heterocycles. The van der Waals surface area contributed by atoms with Crippen LogP contribution in [0.1, 0.15) is 27.8 Å². The highest BCUT2D eigenvalue weighted by atomic mass is 32.2. The van der Waals surface area contributed by atoms with Crippen molar-refractivity contribution in [3.8, 4) is 22.3 Å². The van der Waals surface area contributed by atoms with E-state index in [0.717, 1.165) is 38.9 Å². The highest BCUT2D eigenvalue weighted by molar-refractivity contribution is 7.91. The third-order valence-electron chi connectivity index (χ3n) is 5.90. The van der Waals surface area contributed by atoms with Crippen molar-refractivity contribution < 1.29 is 17.9 Å². The number of esters is 1. The lowest BCUT2D eigenvalue weighted by atomic mass is 9.83. The van der Waals surface area contributed by atoms with Gasteiger partial charge in [-0.25, -0.2) is 8.42 Å². The van der Waals surface area contributed by atoms with Gasteiger partial charge in [-0.2, -0.15) is 0 Å². The predicted molar refractivity (Wildman–Crippen MR) is 118 cm³/mol. The SMILES string of the molecule is COC(=O)Cc1c(C)c2c(c(C)c1-c1ccc(C)cc1)-c1ccccc1CS2(=O)=O. The molecule has 3 aromatic rings. The molecule has 4 rings (SSSR count). The molecule has 0 spiro atoms. The molecule has 0 saturated carbocycles. The molecule has 1 aliphatic heterocycles. The van der Waals surface area contributed by atoms with Crippen LogP contribution in [0.3, 0.4) is 0 Å². The highest BCUT2D eigenvalue weighted by Gasteiger charge is 2.34. The fourth-order valence-electron chi connectivity index (χ4n) is 4.46. The zero-order valence-electron chi connectivity index (χ0n) is 17.6. The molecule has 5 heteroatoms. The van der Waals surface area contributed by atoms with Crippen LogP contribution in [0.4, 0.5) is 0 Å². The number of carbonyl (C=O) groups excluding carboxylic acids is 1. The average molecular weight is 421 g/mol. The number of fused-ring (bicyclic) bond motifs is 3. The van der Waals surface area contributed by atoms with Gasteiger partial charge in [-0.3, -0.25) is 4.79 Å². The van der Waals surface area contributed by atoms with Crippen molar-refractivity contribution in [3.05, 3.63) is 76.3 Å². The standard InChI is InChI=1S/C25H24O4S/c1-15-9-11-18(12-10-15)23-17(3)24-20-8-6-5-7-19(20)14-30(27,28)25(24)16(2)21(23)13-22(26)29-4/h5-12H,13-14H2,1-4H3. The molecular weight excluding hydrogens is 396 g/mol. The van der Waals surface area contributed by atoms with Gasteiger partial charge in [0.25, 0.3) is 0 Å². The van der Waals surface area contributed by atoms with Crippen LogP contribution in [0, 0.1) is 20.8 Å². The van der Waals surface area contributed by atoms with E-state index >= 15 is 0 Å². The number of aryl methyl sites for hydroxylation is 1. The van der Waals surface area contributed by atoms with Crippen molar-refractivity contribution >= 4 is 15.8 Å². The molecule has 1 heterocycles. The summed E-state index contributed by atoms with van der Waals surface area (Å²) in [4.78, 5) is 12.6. The molecule has 0 N–H and O–H groups in total. The number of sulfone groups is 1. The maximum Gasteiger partial charge on any atom is 0.310 e. The van der Waals surface area contributed by atoms with Gasteiger partial charge < -0.3 is 4.74 Å². The first kappa shape index (κ1) is 20.4. The molecule has 0 fully saturated rings. The van der Waals surface area contributed by atoms with Crippen LogP contribution < -0.4 is 0 Å². The van der Waals surface area contributed by atoms with Crippen molar-refractivity contribution in [2.45, 2.75) is 37.8 Å². The lowest BCUT2D eigenvalue weighted by Gasteiger charge is -2.28. The molecule has 30 heavy (non-hydrogen) atoms. The number of hydrogen-bond donors (Lipinski definition) is 0. The Labute approximate surface area is 177 Å². The summed E-state index contributed by atoms with van der Waals surface area (Å²) in [5.41, 5.74) is 7.72. The number of hydrogen-bond acceptors (Lipinski definition) is 4.